The molecule has 0 aliphatic heterocycles. The number of benzene rings is 3. The van der Waals surface area contributed by atoms with Gasteiger partial charge in [-0.15, -0.1) is 0 Å². The van der Waals surface area contributed by atoms with Crippen LogP contribution in [0.15, 0.2) is 101 Å². The third-order valence-corrected chi connectivity index (χ3v) is 20.5. The van der Waals surface area contributed by atoms with Crippen LogP contribution in [0, 0.1) is 0 Å². The van der Waals surface area contributed by atoms with Crippen LogP contribution in [0.1, 0.15) is 0 Å². The molecule has 3 rings (SSSR count). The predicted molar refractivity (Wildman–Crippen MR) is 105 cm³/mol. The second-order valence-corrected chi connectivity index (χ2v) is 27.2. The van der Waals surface area contributed by atoms with Gasteiger partial charge < -0.3 is 0 Å². The van der Waals surface area contributed by atoms with Crippen molar-refractivity contribution in [3.63, 3.8) is 0 Å². The van der Waals surface area contributed by atoms with Crippen molar-refractivity contribution in [2.45, 2.75) is 9.79 Å². The summed E-state index contributed by atoms with van der Waals surface area (Å²) < 4.78 is 6.35. The molecule has 0 amide bonds. The fourth-order valence-electron chi connectivity index (χ4n) is 1.89. The van der Waals surface area contributed by atoms with Gasteiger partial charge in [0.25, 0.3) is 0 Å². The van der Waals surface area contributed by atoms with E-state index >= 15 is 0 Å². The Morgan fingerprint density at radius 3 is 1.43 bits per heavy atom. The topological polar surface area (TPSA) is 9.23 Å². The van der Waals surface area contributed by atoms with Crippen LogP contribution in [0.5, 0.6) is 5.75 Å². The van der Waals surface area contributed by atoms with Crippen LogP contribution in [-0.2, 0) is 0 Å². The average molecular weight is 465 g/mol. The van der Waals surface area contributed by atoms with E-state index < -0.39 is 14.5 Å². The van der Waals surface area contributed by atoms with Gasteiger partial charge in [0.15, 0.2) is 0 Å². The predicted octanol–water partition coefficient (Wildman–Crippen LogP) is 6.28. The van der Waals surface area contributed by atoms with Gasteiger partial charge in [0.2, 0.25) is 0 Å². The zero-order chi connectivity index (χ0) is 16.0. The van der Waals surface area contributed by atoms with Crippen molar-refractivity contribution in [3.05, 3.63) is 91.0 Å². The molecule has 0 aromatic heterocycles. The molecule has 0 unspecified atom stereocenters. The summed E-state index contributed by atoms with van der Waals surface area (Å²) in [6, 6.07) is 30.5. The first-order valence-corrected chi connectivity index (χ1v) is 19.4. The molecule has 0 N–H and O–H groups in total. The molecule has 116 valence electrons. The summed E-state index contributed by atoms with van der Waals surface area (Å²) in [6.45, 7) is 0. The van der Waals surface area contributed by atoms with Crippen molar-refractivity contribution in [1.29, 1.82) is 0 Å². The molecule has 3 aromatic rings. The molecule has 0 aliphatic rings. The molecular weight excluding hydrogens is 450 g/mol. The van der Waals surface area contributed by atoms with Crippen molar-refractivity contribution in [2.75, 3.05) is 0 Å². The van der Waals surface area contributed by atoms with Crippen molar-refractivity contribution in [1.82, 2.24) is 0 Å². The summed E-state index contributed by atoms with van der Waals surface area (Å²) in [5, 5.41) is 0. The third-order valence-electron chi connectivity index (χ3n) is 2.88. The Morgan fingerprint density at radius 2 is 1.00 bits per heavy atom. The molecule has 0 saturated carbocycles. The van der Waals surface area contributed by atoms with Gasteiger partial charge in [-0.05, 0) is 0 Å². The van der Waals surface area contributed by atoms with E-state index in [1.165, 1.54) is 9.79 Å². The Bertz CT molecular complexity index is 671. The Labute approximate surface area is 149 Å². The van der Waals surface area contributed by atoms with E-state index in [9.17, 15) is 0 Å². The Kier molecular flexibility index (Phi) is 6.18. The first-order chi connectivity index (χ1) is 11.2. The first kappa shape index (κ1) is 17.0. The van der Waals surface area contributed by atoms with Gasteiger partial charge in [0.1, 0.15) is 0 Å². The van der Waals surface area contributed by atoms with Gasteiger partial charge in [-0.2, -0.15) is 0 Å². The third kappa shape index (κ3) is 5.35. The van der Waals surface area contributed by atoms with Crippen LogP contribution in [-0.4, -0.2) is 14.5 Å². The SMILES string of the molecule is [S]=[Sb]([O]c1ccccc1)([S]c1ccccc1)[S]c1ccccc1. The second kappa shape index (κ2) is 8.34. The van der Waals surface area contributed by atoms with Crippen molar-refractivity contribution in [2.24, 2.45) is 0 Å². The summed E-state index contributed by atoms with van der Waals surface area (Å²) in [7, 11) is 9.52. The first-order valence-electron chi connectivity index (χ1n) is 7.07. The van der Waals surface area contributed by atoms with E-state index in [2.05, 4.69) is 24.3 Å². The van der Waals surface area contributed by atoms with Gasteiger partial charge in [-0.3, -0.25) is 0 Å². The molecule has 1 nitrogen and oxygen atoms in total. The van der Waals surface area contributed by atoms with Crippen molar-refractivity contribution >= 4 is 41.3 Å². The second-order valence-electron chi connectivity index (χ2n) is 4.66. The zero-order valence-electron chi connectivity index (χ0n) is 12.2. The fraction of sp³-hybridized carbons (Fsp3) is 0. The van der Waals surface area contributed by atoms with E-state index in [1.54, 1.807) is 17.7 Å². The van der Waals surface area contributed by atoms with E-state index in [0.717, 1.165) is 5.75 Å². The molecule has 0 heterocycles. The zero-order valence-corrected chi connectivity index (χ0v) is 17.2. The molecule has 0 spiro atoms. The van der Waals surface area contributed by atoms with Crippen molar-refractivity contribution in [3.8, 4) is 5.75 Å². The maximum atomic E-state index is 6.35. The number of hydrogen-bond donors (Lipinski definition) is 0. The van der Waals surface area contributed by atoms with Gasteiger partial charge in [-0.1, -0.05) is 0 Å². The Morgan fingerprint density at radius 1 is 0.609 bits per heavy atom. The molecule has 0 fully saturated rings. The molecule has 0 radical (unpaired) electrons. The van der Waals surface area contributed by atoms with Crippen LogP contribution < -0.4 is 3.02 Å². The molecule has 23 heavy (non-hydrogen) atoms. The fourth-order valence-corrected chi connectivity index (χ4v) is 21.0. The van der Waals surface area contributed by atoms with Crippen LogP contribution in [0.2, 0.25) is 0 Å². The van der Waals surface area contributed by atoms with Crippen LogP contribution >= 0.6 is 26.9 Å². The van der Waals surface area contributed by atoms with Crippen LogP contribution in [0.3, 0.4) is 0 Å². The van der Waals surface area contributed by atoms with Crippen molar-refractivity contribution < 1.29 is 3.02 Å². The molecule has 5 heteroatoms. The van der Waals surface area contributed by atoms with Gasteiger partial charge in [0.05, 0.1) is 0 Å². The maximum absolute atomic E-state index is 6.35. The molecule has 0 bridgehead atoms. The van der Waals surface area contributed by atoms with E-state index in [1.807, 2.05) is 66.7 Å². The molecule has 0 atom stereocenters. The van der Waals surface area contributed by atoms with E-state index in [-0.39, 0.29) is 0 Å². The Hall–Kier alpha value is -0.802. The normalized spacial score (nSPS) is 11.1. The molecule has 3 aromatic carbocycles. The van der Waals surface area contributed by atoms with Crippen LogP contribution in [0.4, 0.5) is 0 Å². The van der Waals surface area contributed by atoms with Crippen LogP contribution in [0.25, 0.3) is 0 Å². The standard InChI is InChI=1S/C6H6O.2C6H6S.S.Sb/c3*7-6-4-2-1-3-5-6;;/h3*1-5,7H;;/q;;;;+3/p-3. The van der Waals surface area contributed by atoms with Gasteiger partial charge >= 0.3 is 151 Å². The molecule has 0 saturated heterocycles. The summed E-state index contributed by atoms with van der Waals surface area (Å²) in [6.07, 6.45) is 0. The molecular formula is C18H15OS3Sb. The monoisotopic (exact) mass is 464 g/mol. The van der Waals surface area contributed by atoms with E-state index in [4.69, 9.17) is 12.2 Å². The Balaban J connectivity index is 1.87. The minimum atomic E-state index is -3.30. The summed E-state index contributed by atoms with van der Waals surface area (Å²) in [5.74, 6) is 0.861. The quantitative estimate of drug-likeness (QED) is 0.396. The number of para-hydroxylation sites is 1. The summed E-state index contributed by atoms with van der Waals surface area (Å²) in [4.78, 5) is 2.35. The number of rotatable bonds is 6. The summed E-state index contributed by atoms with van der Waals surface area (Å²) >= 11 is -3.30. The minimum absolute atomic E-state index is 0.861. The summed E-state index contributed by atoms with van der Waals surface area (Å²) in [5.41, 5.74) is 0. The molecule has 0 aliphatic carbocycles. The number of hydrogen-bond acceptors (Lipinski definition) is 4. The van der Waals surface area contributed by atoms with Gasteiger partial charge in [0, 0.05) is 0 Å². The average Bonchev–Trinajstić information content (AvgIpc) is 2.57. The van der Waals surface area contributed by atoms with Gasteiger partial charge in [-0.25, -0.2) is 0 Å². The van der Waals surface area contributed by atoms with E-state index in [0.29, 0.717) is 0 Å².